The van der Waals surface area contributed by atoms with Crippen LogP contribution in [0.4, 0.5) is 4.39 Å². The van der Waals surface area contributed by atoms with Crippen molar-refractivity contribution in [2.24, 2.45) is 5.92 Å². The van der Waals surface area contributed by atoms with Crippen LogP contribution in [0.1, 0.15) is 30.3 Å². The van der Waals surface area contributed by atoms with Crippen LogP contribution in [0.3, 0.4) is 0 Å². The fraction of sp³-hybridized carbons (Fsp3) is 0.350. The number of nitrogens with one attached hydrogen (secondary N) is 1. The van der Waals surface area contributed by atoms with Crippen LogP contribution in [0.5, 0.6) is 0 Å². The summed E-state index contributed by atoms with van der Waals surface area (Å²) < 4.78 is 15.0. The van der Waals surface area contributed by atoms with Crippen molar-refractivity contribution in [1.29, 1.82) is 0 Å². The first-order chi connectivity index (χ1) is 13.5. The van der Waals surface area contributed by atoms with Crippen molar-refractivity contribution >= 4 is 28.1 Å². The number of halogens is 1. The number of carbonyl (C=O) groups is 2. The molecule has 1 saturated heterocycles. The molecule has 6 nitrogen and oxygen atoms in total. The molecule has 0 radical (unpaired) electrons. The molecule has 3 aromatic rings. The Morgan fingerprint density at radius 1 is 1.32 bits per heavy atom. The number of carbonyl (C=O) groups excluding carboxylic acids is 2. The van der Waals surface area contributed by atoms with E-state index in [4.69, 9.17) is 0 Å². The Kier molecular flexibility index (Phi) is 5.13. The highest BCUT2D eigenvalue weighted by molar-refractivity contribution is 7.15. The molecule has 0 aliphatic carbocycles. The Labute approximate surface area is 166 Å². The van der Waals surface area contributed by atoms with Crippen molar-refractivity contribution in [3.8, 4) is 11.3 Å². The molecule has 1 unspecified atom stereocenters. The van der Waals surface area contributed by atoms with Gasteiger partial charge in [0.15, 0.2) is 4.96 Å². The van der Waals surface area contributed by atoms with E-state index in [1.54, 1.807) is 12.1 Å². The smallest absolute Gasteiger partial charge is 0.271 e. The summed E-state index contributed by atoms with van der Waals surface area (Å²) in [6.45, 7) is 3.45. The van der Waals surface area contributed by atoms with Crippen LogP contribution in [0.15, 0.2) is 35.8 Å². The molecule has 2 aromatic heterocycles. The monoisotopic (exact) mass is 400 g/mol. The molecule has 1 atom stereocenters. The lowest BCUT2D eigenvalue weighted by Gasteiger charge is -2.32. The van der Waals surface area contributed by atoms with E-state index in [0.717, 1.165) is 23.4 Å². The van der Waals surface area contributed by atoms with Gasteiger partial charge in [-0.05, 0) is 43.0 Å². The van der Waals surface area contributed by atoms with E-state index in [9.17, 15) is 14.0 Å². The van der Waals surface area contributed by atoms with E-state index < -0.39 is 0 Å². The fourth-order valence-corrected chi connectivity index (χ4v) is 4.41. The maximum Gasteiger partial charge on any atom is 0.271 e. The molecule has 0 bridgehead atoms. The van der Waals surface area contributed by atoms with Gasteiger partial charge in [0.25, 0.3) is 5.91 Å². The molecule has 0 spiro atoms. The Morgan fingerprint density at radius 3 is 2.86 bits per heavy atom. The second kappa shape index (κ2) is 7.71. The third kappa shape index (κ3) is 3.77. The van der Waals surface area contributed by atoms with Gasteiger partial charge in [-0.25, -0.2) is 9.37 Å². The lowest BCUT2D eigenvalue weighted by molar-refractivity contribution is -0.119. The largest absolute Gasteiger partial charge is 0.356 e. The fourth-order valence-electron chi connectivity index (χ4n) is 3.56. The second-order valence-corrected chi connectivity index (χ2v) is 7.94. The third-order valence-electron chi connectivity index (χ3n) is 5.01. The van der Waals surface area contributed by atoms with Crippen molar-refractivity contribution in [1.82, 2.24) is 19.6 Å². The average Bonchev–Trinajstić information content (AvgIpc) is 3.27. The first kappa shape index (κ1) is 18.6. The van der Waals surface area contributed by atoms with E-state index in [1.165, 1.54) is 30.4 Å². The van der Waals surface area contributed by atoms with Gasteiger partial charge in [0.05, 0.1) is 5.69 Å². The topological polar surface area (TPSA) is 66.7 Å². The maximum absolute atomic E-state index is 13.2. The van der Waals surface area contributed by atoms with Crippen LogP contribution in [-0.2, 0) is 4.79 Å². The Balaban J connectivity index is 1.54. The van der Waals surface area contributed by atoms with Crippen LogP contribution in [0.25, 0.3) is 16.2 Å². The number of benzene rings is 1. The Hall–Kier alpha value is -2.74. The molecular weight excluding hydrogens is 379 g/mol. The molecule has 8 heteroatoms. The number of imidazole rings is 1. The highest BCUT2D eigenvalue weighted by Crippen LogP contribution is 2.26. The number of hydrogen-bond donors (Lipinski definition) is 1. The number of likely N-dealkylation sites (tertiary alicyclic amines) is 1. The van der Waals surface area contributed by atoms with E-state index in [0.29, 0.717) is 31.0 Å². The molecule has 1 fully saturated rings. The summed E-state index contributed by atoms with van der Waals surface area (Å²) in [7, 11) is 0. The van der Waals surface area contributed by atoms with Gasteiger partial charge >= 0.3 is 0 Å². The normalized spacial score (nSPS) is 17.1. The summed E-state index contributed by atoms with van der Waals surface area (Å²) >= 11 is 1.41. The van der Waals surface area contributed by atoms with Gasteiger partial charge in [0, 0.05) is 43.7 Å². The molecule has 1 aliphatic rings. The second-order valence-electron chi connectivity index (χ2n) is 7.10. The number of nitrogens with zero attached hydrogens (tertiary/aromatic N) is 3. The Morgan fingerprint density at radius 2 is 2.11 bits per heavy atom. The quantitative estimate of drug-likeness (QED) is 0.731. The lowest BCUT2D eigenvalue weighted by Crippen LogP contribution is -2.43. The summed E-state index contributed by atoms with van der Waals surface area (Å²) in [4.78, 5) is 31.4. The summed E-state index contributed by atoms with van der Waals surface area (Å²) in [6.07, 6.45) is 3.75. The van der Waals surface area contributed by atoms with Gasteiger partial charge in [-0.3, -0.25) is 14.0 Å². The first-order valence-corrected chi connectivity index (χ1v) is 10.2. The zero-order valence-corrected chi connectivity index (χ0v) is 16.3. The molecule has 1 aliphatic heterocycles. The predicted molar refractivity (Wildman–Crippen MR) is 106 cm³/mol. The number of fused-ring (bicyclic) bond motifs is 1. The SMILES string of the molecule is CC(=O)NCC1CCCN(C(=O)c2csc3nc(-c4ccc(F)cc4)cn23)C1. The van der Waals surface area contributed by atoms with Gasteiger partial charge in [-0.15, -0.1) is 11.3 Å². The predicted octanol–water partition coefficient (Wildman–Crippen LogP) is 3.19. The van der Waals surface area contributed by atoms with Crippen molar-refractivity contribution in [3.63, 3.8) is 0 Å². The van der Waals surface area contributed by atoms with Gasteiger partial charge in [0.1, 0.15) is 11.5 Å². The van der Waals surface area contributed by atoms with E-state index >= 15 is 0 Å². The maximum atomic E-state index is 13.2. The number of amides is 2. The molecular formula is C20H21FN4O2S. The van der Waals surface area contributed by atoms with Crippen molar-refractivity contribution in [2.45, 2.75) is 19.8 Å². The molecule has 3 heterocycles. The zero-order valence-electron chi connectivity index (χ0n) is 15.5. The van der Waals surface area contributed by atoms with E-state index in [-0.39, 0.29) is 23.5 Å². The average molecular weight is 400 g/mol. The van der Waals surface area contributed by atoms with E-state index in [2.05, 4.69) is 10.3 Å². The highest BCUT2D eigenvalue weighted by atomic mass is 32.1. The van der Waals surface area contributed by atoms with Crippen molar-refractivity contribution in [3.05, 3.63) is 47.4 Å². The summed E-state index contributed by atoms with van der Waals surface area (Å²) in [6, 6.07) is 6.16. The molecule has 2 amide bonds. The van der Waals surface area contributed by atoms with Crippen LogP contribution in [0.2, 0.25) is 0 Å². The lowest BCUT2D eigenvalue weighted by atomic mass is 9.97. The number of aromatic nitrogens is 2. The number of thiazole rings is 1. The minimum Gasteiger partial charge on any atom is -0.356 e. The van der Waals surface area contributed by atoms with Gasteiger partial charge < -0.3 is 10.2 Å². The zero-order chi connectivity index (χ0) is 19.7. The summed E-state index contributed by atoms with van der Waals surface area (Å²) in [5.41, 5.74) is 2.10. The first-order valence-electron chi connectivity index (χ1n) is 9.27. The minimum absolute atomic E-state index is 0.0261. The molecule has 28 heavy (non-hydrogen) atoms. The Bertz CT molecular complexity index is 1010. The van der Waals surface area contributed by atoms with Crippen LogP contribution in [-0.4, -0.2) is 45.7 Å². The van der Waals surface area contributed by atoms with Gasteiger partial charge in [0.2, 0.25) is 5.91 Å². The number of piperidine rings is 1. The molecule has 146 valence electrons. The summed E-state index contributed by atoms with van der Waals surface area (Å²) in [5.74, 6) is -0.0931. The molecule has 4 rings (SSSR count). The van der Waals surface area contributed by atoms with E-state index in [1.807, 2.05) is 20.9 Å². The molecule has 0 saturated carbocycles. The van der Waals surface area contributed by atoms with Crippen molar-refractivity contribution < 1.29 is 14.0 Å². The van der Waals surface area contributed by atoms with Gasteiger partial charge in [-0.1, -0.05) is 0 Å². The van der Waals surface area contributed by atoms with Crippen molar-refractivity contribution in [2.75, 3.05) is 19.6 Å². The van der Waals surface area contributed by atoms with Crippen LogP contribution < -0.4 is 5.32 Å². The standard InChI is InChI=1S/C20H21FN4O2S/c1-13(26)22-9-14-3-2-8-24(10-14)19(27)18-12-28-20-23-17(11-25(18)20)15-4-6-16(21)7-5-15/h4-7,11-12,14H,2-3,8-10H2,1H3,(H,22,26). The number of rotatable bonds is 4. The summed E-state index contributed by atoms with van der Waals surface area (Å²) in [5, 5.41) is 4.68. The molecule has 1 aromatic carbocycles. The van der Waals surface area contributed by atoms with Crippen LogP contribution in [0, 0.1) is 11.7 Å². The highest BCUT2D eigenvalue weighted by Gasteiger charge is 2.26. The van der Waals surface area contributed by atoms with Crippen LogP contribution >= 0.6 is 11.3 Å². The third-order valence-corrected chi connectivity index (χ3v) is 5.85. The number of hydrogen-bond acceptors (Lipinski definition) is 4. The minimum atomic E-state index is -0.292. The molecule has 1 N–H and O–H groups in total. The van der Waals surface area contributed by atoms with Gasteiger partial charge in [-0.2, -0.15) is 0 Å².